The van der Waals surface area contributed by atoms with Crippen molar-refractivity contribution in [2.45, 2.75) is 32.6 Å². The standard InChI is InChI=1S/C8H15N3O/c1-6-4-2-3-5-7(6)10-8(12)11-9/h6H,2-5,9H2,1H3,(H,11,12)/b10-7+. The van der Waals surface area contributed by atoms with E-state index in [-0.39, 0.29) is 0 Å². The molecule has 1 atom stereocenters. The SMILES string of the molecule is CC1CCCC/C1=N\C(=O)NN. The number of hydrazine groups is 1. The average Bonchev–Trinajstić information content (AvgIpc) is 2.09. The third-order valence-electron chi connectivity index (χ3n) is 2.26. The highest BCUT2D eigenvalue weighted by molar-refractivity contribution is 5.96. The summed E-state index contributed by atoms with van der Waals surface area (Å²) in [6.45, 7) is 2.10. The van der Waals surface area contributed by atoms with Crippen molar-refractivity contribution >= 4 is 11.7 Å². The zero-order chi connectivity index (χ0) is 8.97. The zero-order valence-corrected chi connectivity index (χ0v) is 7.34. The van der Waals surface area contributed by atoms with Crippen molar-refractivity contribution in [2.24, 2.45) is 16.8 Å². The van der Waals surface area contributed by atoms with E-state index in [0.717, 1.165) is 25.0 Å². The fraction of sp³-hybridized carbons (Fsp3) is 0.750. The molecule has 0 spiro atoms. The number of urea groups is 1. The Bertz CT molecular complexity index is 200. The van der Waals surface area contributed by atoms with Crippen LogP contribution in [0.5, 0.6) is 0 Å². The van der Waals surface area contributed by atoms with Crippen molar-refractivity contribution in [1.29, 1.82) is 0 Å². The van der Waals surface area contributed by atoms with Crippen molar-refractivity contribution < 1.29 is 4.79 Å². The van der Waals surface area contributed by atoms with Gasteiger partial charge in [-0.25, -0.2) is 15.6 Å². The first-order valence-corrected chi connectivity index (χ1v) is 4.32. The maximum absolute atomic E-state index is 10.8. The van der Waals surface area contributed by atoms with Gasteiger partial charge in [0.05, 0.1) is 0 Å². The summed E-state index contributed by atoms with van der Waals surface area (Å²) in [5.41, 5.74) is 3.00. The minimum absolute atomic E-state index is 0.432. The fourth-order valence-electron chi connectivity index (χ4n) is 1.50. The Kier molecular flexibility index (Phi) is 3.22. The summed E-state index contributed by atoms with van der Waals surface area (Å²) in [4.78, 5) is 14.7. The summed E-state index contributed by atoms with van der Waals surface area (Å²) in [5, 5.41) is 0. The molecule has 0 heterocycles. The zero-order valence-electron chi connectivity index (χ0n) is 7.34. The number of nitrogens with zero attached hydrogens (tertiary/aromatic N) is 1. The van der Waals surface area contributed by atoms with Crippen molar-refractivity contribution in [2.75, 3.05) is 0 Å². The van der Waals surface area contributed by atoms with E-state index < -0.39 is 6.03 Å². The van der Waals surface area contributed by atoms with Crippen LogP contribution in [0.2, 0.25) is 0 Å². The van der Waals surface area contributed by atoms with Crippen LogP contribution in [0.15, 0.2) is 4.99 Å². The van der Waals surface area contributed by atoms with Crippen molar-refractivity contribution in [3.63, 3.8) is 0 Å². The Hall–Kier alpha value is -0.900. The van der Waals surface area contributed by atoms with E-state index in [0.29, 0.717) is 5.92 Å². The lowest BCUT2D eigenvalue weighted by Crippen LogP contribution is -2.29. The average molecular weight is 169 g/mol. The van der Waals surface area contributed by atoms with Gasteiger partial charge in [0.1, 0.15) is 0 Å². The molecule has 68 valence electrons. The van der Waals surface area contributed by atoms with Crippen LogP contribution < -0.4 is 11.3 Å². The molecule has 0 saturated heterocycles. The second-order valence-corrected chi connectivity index (χ2v) is 3.20. The summed E-state index contributed by atoms with van der Waals surface area (Å²) in [6.07, 6.45) is 4.46. The number of hydrogen-bond acceptors (Lipinski definition) is 2. The first-order valence-electron chi connectivity index (χ1n) is 4.32. The fourth-order valence-corrected chi connectivity index (χ4v) is 1.50. The van der Waals surface area contributed by atoms with Crippen LogP contribution in [-0.2, 0) is 0 Å². The summed E-state index contributed by atoms with van der Waals surface area (Å²) in [7, 11) is 0. The van der Waals surface area contributed by atoms with Gasteiger partial charge < -0.3 is 0 Å². The van der Waals surface area contributed by atoms with Gasteiger partial charge >= 0.3 is 6.03 Å². The summed E-state index contributed by atoms with van der Waals surface area (Å²) in [5.74, 6) is 5.37. The highest BCUT2D eigenvalue weighted by Gasteiger charge is 2.16. The highest BCUT2D eigenvalue weighted by Crippen LogP contribution is 2.20. The molecule has 12 heavy (non-hydrogen) atoms. The van der Waals surface area contributed by atoms with Gasteiger partial charge in [-0.15, -0.1) is 0 Å². The second kappa shape index (κ2) is 4.21. The second-order valence-electron chi connectivity index (χ2n) is 3.20. The Morgan fingerprint density at radius 3 is 3.00 bits per heavy atom. The smallest absolute Gasteiger partial charge is 0.274 e. The Labute approximate surface area is 72.2 Å². The topological polar surface area (TPSA) is 67.5 Å². The summed E-state index contributed by atoms with van der Waals surface area (Å²) >= 11 is 0. The number of nitrogens with one attached hydrogen (secondary N) is 1. The number of carbonyl (C=O) groups excluding carboxylic acids is 1. The quantitative estimate of drug-likeness (QED) is 0.325. The third-order valence-corrected chi connectivity index (χ3v) is 2.26. The van der Waals surface area contributed by atoms with Gasteiger partial charge in [0.15, 0.2) is 0 Å². The number of hydrogen-bond donors (Lipinski definition) is 2. The van der Waals surface area contributed by atoms with Crippen molar-refractivity contribution in [1.82, 2.24) is 5.43 Å². The Morgan fingerprint density at radius 2 is 2.42 bits per heavy atom. The van der Waals surface area contributed by atoms with Gasteiger partial charge in [-0.3, -0.25) is 5.43 Å². The molecular weight excluding hydrogens is 154 g/mol. The van der Waals surface area contributed by atoms with Crippen LogP contribution in [0.25, 0.3) is 0 Å². The van der Waals surface area contributed by atoms with E-state index in [2.05, 4.69) is 11.9 Å². The van der Waals surface area contributed by atoms with Gasteiger partial charge in [0.25, 0.3) is 0 Å². The van der Waals surface area contributed by atoms with Crippen LogP contribution in [0.1, 0.15) is 32.6 Å². The molecule has 1 rings (SSSR count). The predicted molar refractivity (Wildman–Crippen MR) is 47.8 cm³/mol. The van der Waals surface area contributed by atoms with E-state index in [1.165, 1.54) is 6.42 Å². The molecule has 2 amide bonds. The molecule has 1 aliphatic carbocycles. The minimum atomic E-state index is -0.432. The monoisotopic (exact) mass is 169 g/mol. The van der Waals surface area contributed by atoms with Crippen LogP contribution in [-0.4, -0.2) is 11.7 Å². The van der Waals surface area contributed by atoms with E-state index >= 15 is 0 Å². The molecule has 0 bridgehead atoms. The Morgan fingerprint density at radius 1 is 1.67 bits per heavy atom. The molecule has 4 nitrogen and oxygen atoms in total. The molecule has 0 radical (unpaired) electrons. The lowest BCUT2D eigenvalue weighted by molar-refractivity contribution is 0.249. The number of amides is 2. The molecule has 4 heteroatoms. The van der Waals surface area contributed by atoms with Crippen LogP contribution >= 0.6 is 0 Å². The van der Waals surface area contributed by atoms with E-state index in [9.17, 15) is 4.79 Å². The molecule has 3 N–H and O–H groups in total. The lowest BCUT2D eigenvalue weighted by atomic mass is 9.89. The van der Waals surface area contributed by atoms with Gasteiger partial charge in [-0.2, -0.15) is 0 Å². The molecule has 1 saturated carbocycles. The van der Waals surface area contributed by atoms with Gasteiger partial charge in [0, 0.05) is 5.71 Å². The van der Waals surface area contributed by atoms with Crippen LogP contribution in [0.3, 0.4) is 0 Å². The minimum Gasteiger partial charge on any atom is -0.274 e. The summed E-state index contributed by atoms with van der Waals surface area (Å²) in [6, 6.07) is -0.432. The van der Waals surface area contributed by atoms with E-state index in [4.69, 9.17) is 5.84 Å². The van der Waals surface area contributed by atoms with Crippen LogP contribution in [0.4, 0.5) is 4.79 Å². The number of nitrogens with two attached hydrogens (primary N) is 1. The molecule has 0 aliphatic heterocycles. The number of carbonyl (C=O) groups is 1. The van der Waals surface area contributed by atoms with Crippen molar-refractivity contribution in [3.05, 3.63) is 0 Å². The molecule has 0 aromatic carbocycles. The lowest BCUT2D eigenvalue weighted by Gasteiger charge is -2.19. The number of aliphatic imine (C=N–C) groups is 1. The van der Waals surface area contributed by atoms with Gasteiger partial charge in [0.2, 0.25) is 0 Å². The maximum atomic E-state index is 10.8. The molecule has 1 unspecified atom stereocenters. The normalized spacial score (nSPS) is 27.2. The Balaban J connectivity index is 2.58. The van der Waals surface area contributed by atoms with Gasteiger partial charge in [-0.05, 0) is 25.2 Å². The molecular formula is C8H15N3O. The van der Waals surface area contributed by atoms with Crippen LogP contribution in [0, 0.1) is 5.92 Å². The summed E-state index contributed by atoms with van der Waals surface area (Å²) < 4.78 is 0. The molecule has 0 aromatic heterocycles. The predicted octanol–water partition coefficient (Wildman–Crippen LogP) is 1.22. The first-order chi connectivity index (χ1) is 5.74. The maximum Gasteiger partial charge on any atom is 0.354 e. The highest BCUT2D eigenvalue weighted by atomic mass is 16.2. The van der Waals surface area contributed by atoms with Crippen molar-refractivity contribution in [3.8, 4) is 0 Å². The third kappa shape index (κ3) is 2.30. The number of rotatable bonds is 0. The molecule has 0 aromatic rings. The van der Waals surface area contributed by atoms with Gasteiger partial charge in [-0.1, -0.05) is 13.3 Å². The molecule has 1 aliphatic rings. The largest absolute Gasteiger partial charge is 0.354 e. The van der Waals surface area contributed by atoms with E-state index in [1.54, 1.807) is 0 Å². The first kappa shape index (κ1) is 9.19. The van der Waals surface area contributed by atoms with E-state index in [1.807, 2.05) is 5.43 Å². The molecule has 1 fully saturated rings.